The van der Waals surface area contributed by atoms with E-state index in [1.54, 1.807) is 36.4 Å². The van der Waals surface area contributed by atoms with Crippen molar-refractivity contribution in [1.82, 2.24) is 9.62 Å². The van der Waals surface area contributed by atoms with Crippen LogP contribution in [0.4, 0.5) is 14.9 Å². The van der Waals surface area contributed by atoms with Gasteiger partial charge in [0.1, 0.15) is 18.2 Å². The molecule has 0 spiro atoms. The van der Waals surface area contributed by atoms with Crippen LogP contribution < -0.4 is 15.4 Å². The molecule has 0 radical (unpaired) electrons. The van der Waals surface area contributed by atoms with Crippen LogP contribution in [-0.4, -0.2) is 56.3 Å². The molecule has 8 nitrogen and oxygen atoms in total. The molecule has 1 fully saturated rings. The van der Waals surface area contributed by atoms with E-state index < -0.39 is 16.1 Å². The van der Waals surface area contributed by atoms with Crippen LogP contribution in [0.15, 0.2) is 48.5 Å². The third kappa shape index (κ3) is 7.18. The van der Waals surface area contributed by atoms with E-state index in [0.717, 1.165) is 0 Å². The van der Waals surface area contributed by atoms with E-state index in [9.17, 15) is 17.6 Å². The van der Waals surface area contributed by atoms with Gasteiger partial charge in [0.25, 0.3) is 0 Å². The fourth-order valence-electron chi connectivity index (χ4n) is 3.41. The van der Waals surface area contributed by atoms with Gasteiger partial charge in [-0.15, -0.1) is 0 Å². The summed E-state index contributed by atoms with van der Waals surface area (Å²) < 4.78 is 50.9. The number of amides is 2. The number of halogens is 1. The first-order valence-corrected chi connectivity index (χ1v) is 12.0. The number of hydrogen-bond acceptors (Lipinski definition) is 5. The molecule has 2 atom stereocenters. The van der Waals surface area contributed by atoms with E-state index in [1.165, 1.54) is 16.4 Å². The number of carbonyl (C=O) groups excluding carboxylic acids is 1. The molecule has 0 aliphatic carbocycles. The van der Waals surface area contributed by atoms with Crippen molar-refractivity contribution < 1.29 is 27.1 Å². The quantitative estimate of drug-likeness (QED) is 0.625. The molecule has 1 heterocycles. The Bertz CT molecular complexity index is 1020. The Balaban J connectivity index is 1.46. The van der Waals surface area contributed by atoms with E-state index in [-0.39, 0.29) is 36.9 Å². The molecular weight excluding hydrogens is 437 g/mol. The summed E-state index contributed by atoms with van der Waals surface area (Å²) in [6, 6.07) is 12.3. The van der Waals surface area contributed by atoms with Crippen molar-refractivity contribution in [2.75, 3.05) is 30.7 Å². The highest BCUT2D eigenvalue weighted by molar-refractivity contribution is 7.89. The largest absolute Gasteiger partial charge is 0.489 e. The SMILES string of the molecule is CC1CN(S(=O)(=O)CCNC(=O)Nc2cccc(OCc3cccc(F)c3)c2)CC(C)O1. The molecule has 0 saturated carbocycles. The highest BCUT2D eigenvalue weighted by Gasteiger charge is 2.30. The Morgan fingerprint density at radius 3 is 2.59 bits per heavy atom. The lowest BCUT2D eigenvalue weighted by atomic mass is 10.2. The van der Waals surface area contributed by atoms with Crippen molar-refractivity contribution in [3.05, 3.63) is 59.9 Å². The van der Waals surface area contributed by atoms with Crippen molar-refractivity contribution in [2.24, 2.45) is 0 Å². The van der Waals surface area contributed by atoms with Crippen molar-refractivity contribution >= 4 is 21.7 Å². The Labute approximate surface area is 187 Å². The number of rotatable bonds is 8. The summed E-state index contributed by atoms with van der Waals surface area (Å²) in [6.45, 7) is 4.44. The van der Waals surface area contributed by atoms with Crippen LogP contribution in [0.2, 0.25) is 0 Å². The van der Waals surface area contributed by atoms with Crippen LogP contribution in [0.1, 0.15) is 19.4 Å². The molecular formula is C22H28FN3O5S. The van der Waals surface area contributed by atoms with Crippen LogP contribution in [-0.2, 0) is 21.4 Å². The maximum absolute atomic E-state index is 13.3. The molecule has 2 unspecified atom stereocenters. The standard InChI is InChI=1S/C22H28FN3O5S/c1-16-13-26(14-17(2)31-16)32(28,29)10-9-24-22(27)25-20-7-4-8-21(12-20)30-15-18-5-3-6-19(23)11-18/h3-8,11-12,16-17H,9-10,13-15H2,1-2H3,(H2,24,25,27). The maximum Gasteiger partial charge on any atom is 0.319 e. The molecule has 174 valence electrons. The Morgan fingerprint density at radius 2 is 1.88 bits per heavy atom. The summed E-state index contributed by atoms with van der Waals surface area (Å²) in [6.07, 6.45) is -0.333. The molecule has 2 N–H and O–H groups in total. The molecule has 2 aromatic carbocycles. The first kappa shape index (κ1) is 24.0. The second kappa shape index (κ2) is 10.8. The molecule has 2 amide bonds. The summed E-state index contributed by atoms with van der Waals surface area (Å²) in [5.41, 5.74) is 1.17. The summed E-state index contributed by atoms with van der Waals surface area (Å²) >= 11 is 0. The van der Waals surface area contributed by atoms with Gasteiger partial charge in [0.05, 0.1) is 18.0 Å². The Morgan fingerprint density at radius 1 is 1.16 bits per heavy atom. The minimum atomic E-state index is -3.50. The molecule has 2 aromatic rings. The number of benzene rings is 2. The fourth-order valence-corrected chi connectivity index (χ4v) is 4.91. The molecule has 1 saturated heterocycles. The zero-order chi connectivity index (χ0) is 23.1. The van der Waals surface area contributed by atoms with E-state index in [0.29, 0.717) is 30.1 Å². The summed E-state index contributed by atoms with van der Waals surface area (Å²) in [4.78, 5) is 12.2. The predicted octanol–water partition coefficient (Wildman–Crippen LogP) is 2.97. The van der Waals surface area contributed by atoms with Gasteiger partial charge in [-0.1, -0.05) is 18.2 Å². The molecule has 1 aliphatic rings. The predicted molar refractivity (Wildman–Crippen MR) is 120 cm³/mol. The second-order valence-corrected chi connectivity index (χ2v) is 9.81. The number of carbonyl (C=O) groups is 1. The van der Waals surface area contributed by atoms with Crippen LogP contribution in [0, 0.1) is 5.82 Å². The van der Waals surface area contributed by atoms with Crippen LogP contribution in [0.3, 0.4) is 0 Å². The van der Waals surface area contributed by atoms with Gasteiger partial charge in [0.2, 0.25) is 10.0 Å². The number of urea groups is 1. The summed E-state index contributed by atoms with van der Waals surface area (Å²) in [5.74, 6) is -0.0283. The van der Waals surface area contributed by atoms with Crippen molar-refractivity contribution in [1.29, 1.82) is 0 Å². The van der Waals surface area contributed by atoms with Gasteiger partial charge in [-0.3, -0.25) is 0 Å². The number of ether oxygens (including phenoxy) is 2. The van der Waals surface area contributed by atoms with Gasteiger partial charge in [0.15, 0.2) is 0 Å². The molecule has 32 heavy (non-hydrogen) atoms. The lowest BCUT2D eigenvalue weighted by molar-refractivity contribution is -0.0440. The topological polar surface area (TPSA) is 97.0 Å². The first-order chi connectivity index (χ1) is 15.2. The Kier molecular flexibility index (Phi) is 8.05. The zero-order valence-electron chi connectivity index (χ0n) is 18.1. The summed E-state index contributed by atoms with van der Waals surface area (Å²) in [7, 11) is -3.50. The Hall–Kier alpha value is -2.69. The van der Waals surface area contributed by atoms with Gasteiger partial charge in [-0.25, -0.2) is 17.6 Å². The normalized spacial score (nSPS) is 19.3. The second-order valence-electron chi connectivity index (χ2n) is 7.72. The monoisotopic (exact) mass is 465 g/mol. The van der Waals surface area contributed by atoms with E-state index in [4.69, 9.17) is 9.47 Å². The van der Waals surface area contributed by atoms with E-state index in [1.807, 2.05) is 13.8 Å². The fraction of sp³-hybridized carbons (Fsp3) is 0.409. The molecule has 0 bridgehead atoms. The van der Waals surface area contributed by atoms with E-state index in [2.05, 4.69) is 10.6 Å². The first-order valence-electron chi connectivity index (χ1n) is 10.4. The molecule has 1 aliphatic heterocycles. The third-order valence-electron chi connectivity index (χ3n) is 4.81. The zero-order valence-corrected chi connectivity index (χ0v) is 18.9. The number of morpholine rings is 1. The molecule has 0 aromatic heterocycles. The van der Waals surface area contributed by atoms with Crippen LogP contribution in [0.25, 0.3) is 0 Å². The molecule has 10 heteroatoms. The van der Waals surface area contributed by atoms with Crippen LogP contribution in [0.5, 0.6) is 5.75 Å². The number of nitrogens with zero attached hydrogens (tertiary/aromatic N) is 1. The van der Waals surface area contributed by atoms with Gasteiger partial charge in [-0.2, -0.15) is 4.31 Å². The third-order valence-corrected chi connectivity index (χ3v) is 6.62. The van der Waals surface area contributed by atoms with E-state index >= 15 is 0 Å². The minimum absolute atomic E-state index is 0.0238. The maximum atomic E-state index is 13.3. The highest BCUT2D eigenvalue weighted by atomic mass is 32.2. The summed E-state index contributed by atoms with van der Waals surface area (Å²) in [5, 5.41) is 5.21. The van der Waals surface area contributed by atoms with Crippen molar-refractivity contribution in [3.63, 3.8) is 0 Å². The number of anilines is 1. The van der Waals surface area contributed by atoms with Gasteiger partial charge in [0, 0.05) is 31.4 Å². The smallest absolute Gasteiger partial charge is 0.319 e. The lowest BCUT2D eigenvalue weighted by Gasteiger charge is -2.34. The van der Waals surface area contributed by atoms with Crippen molar-refractivity contribution in [2.45, 2.75) is 32.7 Å². The highest BCUT2D eigenvalue weighted by Crippen LogP contribution is 2.19. The minimum Gasteiger partial charge on any atom is -0.489 e. The average Bonchev–Trinajstić information content (AvgIpc) is 2.72. The van der Waals surface area contributed by atoms with Gasteiger partial charge >= 0.3 is 6.03 Å². The van der Waals surface area contributed by atoms with Crippen LogP contribution >= 0.6 is 0 Å². The number of hydrogen-bond donors (Lipinski definition) is 2. The average molecular weight is 466 g/mol. The lowest BCUT2D eigenvalue weighted by Crippen LogP contribution is -2.49. The number of nitrogens with one attached hydrogen (secondary N) is 2. The van der Waals surface area contributed by atoms with Gasteiger partial charge in [-0.05, 0) is 43.7 Å². The molecule has 3 rings (SSSR count). The van der Waals surface area contributed by atoms with Crippen molar-refractivity contribution in [3.8, 4) is 5.75 Å². The number of sulfonamides is 1. The van der Waals surface area contributed by atoms with Gasteiger partial charge < -0.3 is 20.1 Å².